The lowest BCUT2D eigenvalue weighted by Gasteiger charge is -2.33. The summed E-state index contributed by atoms with van der Waals surface area (Å²) in [5, 5.41) is 6.53. The van der Waals surface area contributed by atoms with Crippen LogP contribution in [0.25, 0.3) is 11.4 Å². The van der Waals surface area contributed by atoms with Crippen molar-refractivity contribution in [2.24, 2.45) is 0 Å². The van der Waals surface area contributed by atoms with Gasteiger partial charge in [-0.2, -0.15) is 4.98 Å². The van der Waals surface area contributed by atoms with E-state index in [0.29, 0.717) is 30.4 Å². The van der Waals surface area contributed by atoms with Gasteiger partial charge in [0.1, 0.15) is 23.4 Å². The van der Waals surface area contributed by atoms with E-state index in [4.69, 9.17) is 9.26 Å². The maximum Gasteiger partial charge on any atom is 0.322 e. The van der Waals surface area contributed by atoms with E-state index in [2.05, 4.69) is 15.5 Å². The zero-order chi connectivity index (χ0) is 21.1. The number of nitrogens with zero attached hydrogens (tertiary/aromatic N) is 3. The molecule has 9 heteroatoms. The van der Waals surface area contributed by atoms with Gasteiger partial charge in [-0.3, -0.25) is 0 Å². The first-order valence-corrected chi connectivity index (χ1v) is 9.56. The smallest absolute Gasteiger partial charge is 0.322 e. The molecule has 0 unspecified atom stereocenters. The number of halogens is 2. The van der Waals surface area contributed by atoms with Crippen LogP contribution in [-0.2, 0) is 0 Å². The Balaban J connectivity index is 1.53. The number of methoxy groups -OCH3 is 1. The predicted molar refractivity (Wildman–Crippen MR) is 105 cm³/mol. The molecule has 1 atom stereocenters. The zero-order valence-corrected chi connectivity index (χ0v) is 16.3. The molecule has 1 saturated heterocycles. The summed E-state index contributed by atoms with van der Waals surface area (Å²) in [4.78, 5) is 18.8. The van der Waals surface area contributed by atoms with Crippen LogP contribution in [0.3, 0.4) is 0 Å². The first-order valence-electron chi connectivity index (χ1n) is 9.56. The largest absolute Gasteiger partial charge is 0.497 e. The molecule has 0 spiro atoms. The molecule has 0 bridgehead atoms. The number of piperidine rings is 1. The lowest BCUT2D eigenvalue weighted by molar-refractivity contribution is 0.142. The molecule has 0 saturated carbocycles. The molecule has 156 valence electrons. The monoisotopic (exact) mass is 414 g/mol. The van der Waals surface area contributed by atoms with Gasteiger partial charge in [-0.15, -0.1) is 0 Å². The highest BCUT2D eigenvalue weighted by Gasteiger charge is 2.32. The van der Waals surface area contributed by atoms with E-state index in [9.17, 15) is 13.6 Å². The third-order valence-corrected chi connectivity index (χ3v) is 5.01. The molecule has 1 aliphatic heterocycles. The molecular weight excluding hydrogens is 394 g/mol. The third-order valence-electron chi connectivity index (χ3n) is 5.01. The van der Waals surface area contributed by atoms with Crippen molar-refractivity contribution in [2.45, 2.75) is 25.3 Å². The summed E-state index contributed by atoms with van der Waals surface area (Å²) < 4.78 is 37.6. The van der Waals surface area contributed by atoms with Crippen molar-refractivity contribution in [1.29, 1.82) is 0 Å². The van der Waals surface area contributed by atoms with E-state index in [1.807, 2.05) is 12.1 Å². The summed E-state index contributed by atoms with van der Waals surface area (Å²) in [7, 11) is 1.59. The number of aromatic nitrogens is 2. The molecule has 4 rings (SSSR count). The molecule has 1 N–H and O–H groups in total. The van der Waals surface area contributed by atoms with Gasteiger partial charge in [0, 0.05) is 18.2 Å². The number of ether oxygens (including phenoxy) is 1. The average Bonchev–Trinajstić information content (AvgIpc) is 3.26. The Morgan fingerprint density at radius 2 is 2.00 bits per heavy atom. The number of nitrogens with one attached hydrogen (secondary N) is 1. The van der Waals surface area contributed by atoms with Gasteiger partial charge in [0.15, 0.2) is 0 Å². The van der Waals surface area contributed by atoms with Gasteiger partial charge in [0.2, 0.25) is 11.7 Å². The molecule has 0 aliphatic carbocycles. The number of anilines is 1. The highest BCUT2D eigenvalue weighted by molar-refractivity contribution is 5.89. The number of carbonyl (C=O) groups is 1. The minimum atomic E-state index is -0.837. The van der Waals surface area contributed by atoms with Crippen molar-refractivity contribution in [1.82, 2.24) is 15.0 Å². The summed E-state index contributed by atoms with van der Waals surface area (Å²) in [5.74, 6) is -0.112. The first kappa shape index (κ1) is 19.8. The summed E-state index contributed by atoms with van der Waals surface area (Å²) in [6, 6.07) is 9.29. The van der Waals surface area contributed by atoms with Gasteiger partial charge < -0.3 is 19.5 Å². The van der Waals surface area contributed by atoms with Crippen LogP contribution < -0.4 is 10.1 Å². The van der Waals surface area contributed by atoms with Crippen molar-refractivity contribution in [3.63, 3.8) is 0 Å². The number of hydrogen-bond acceptors (Lipinski definition) is 5. The Bertz CT molecular complexity index is 1040. The normalized spacial score (nSPS) is 16.4. The second kappa shape index (κ2) is 8.48. The van der Waals surface area contributed by atoms with Gasteiger partial charge in [-0.1, -0.05) is 5.16 Å². The minimum Gasteiger partial charge on any atom is -0.497 e. The SMILES string of the molecule is COc1ccc(-c2noc([C@@H]3CCCCN3C(=O)Nc3ccc(F)cc3F)n2)cc1. The van der Waals surface area contributed by atoms with Gasteiger partial charge in [0.05, 0.1) is 12.8 Å². The molecule has 2 amide bonds. The Morgan fingerprint density at radius 3 is 2.73 bits per heavy atom. The van der Waals surface area contributed by atoms with Crippen LogP contribution in [0.15, 0.2) is 47.0 Å². The van der Waals surface area contributed by atoms with E-state index < -0.39 is 23.7 Å². The molecule has 7 nitrogen and oxygen atoms in total. The summed E-state index contributed by atoms with van der Waals surface area (Å²) in [5.41, 5.74) is 0.668. The number of amides is 2. The highest BCUT2D eigenvalue weighted by atomic mass is 19.1. The quantitative estimate of drug-likeness (QED) is 0.664. The molecule has 2 heterocycles. The van der Waals surface area contributed by atoms with E-state index in [1.165, 1.54) is 11.0 Å². The number of hydrogen-bond donors (Lipinski definition) is 1. The van der Waals surface area contributed by atoms with Gasteiger partial charge in [0.25, 0.3) is 0 Å². The molecule has 3 aromatic rings. The molecule has 1 fully saturated rings. The maximum absolute atomic E-state index is 13.9. The summed E-state index contributed by atoms with van der Waals surface area (Å²) >= 11 is 0. The van der Waals surface area contributed by atoms with Gasteiger partial charge in [-0.05, 0) is 55.7 Å². The van der Waals surface area contributed by atoms with Crippen molar-refractivity contribution in [3.05, 3.63) is 60.0 Å². The molecule has 1 aromatic heterocycles. The maximum atomic E-state index is 13.9. The number of likely N-dealkylation sites (tertiary alicyclic amines) is 1. The fraction of sp³-hybridized carbons (Fsp3) is 0.286. The van der Waals surface area contributed by atoms with Crippen molar-refractivity contribution < 1.29 is 22.8 Å². The Labute approximate surface area is 171 Å². The second-order valence-corrected chi connectivity index (χ2v) is 6.94. The Hall–Kier alpha value is -3.49. The lowest BCUT2D eigenvalue weighted by Crippen LogP contribution is -2.41. The lowest BCUT2D eigenvalue weighted by atomic mass is 10.0. The Morgan fingerprint density at radius 1 is 1.20 bits per heavy atom. The average molecular weight is 414 g/mol. The summed E-state index contributed by atoms with van der Waals surface area (Å²) in [6.07, 6.45) is 2.33. The summed E-state index contributed by atoms with van der Waals surface area (Å²) in [6.45, 7) is 0.458. The van der Waals surface area contributed by atoms with E-state index in [1.54, 1.807) is 19.2 Å². The topological polar surface area (TPSA) is 80.5 Å². The van der Waals surface area contributed by atoms with E-state index in [0.717, 1.165) is 30.5 Å². The minimum absolute atomic E-state index is 0.0878. The van der Waals surface area contributed by atoms with Crippen LogP contribution in [0.2, 0.25) is 0 Å². The number of carbonyl (C=O) groups excluding carboxylic acids is 1. The van der Waals surface area contributed by atoms with Crippen molar-refractivity contribution in [2.75, 3.05) is 19.0 Å². The van der Waals surface area contributed by atoms with E-state index in [-0.39, 0.29) is 5.69 Å². The number of rotatable bonds is 4. The van der Waals surface area contributed by atoms with Crippen LogP contribution >= 0.6 is 0 Å². The van der Waals surface area contributed by atoms with Crippen molar-refractivity contribution in [3.8, 4) is 17.1 Å². The highest BCUT2D eigenvalue weighted by Crippen LogP contribution is 2.32. The van der Waals surface area contributed by atoms with Crippen LogP contribution in [0.1, 0.15) is 31.2 Å². The predicted octanol–water partition coefficient (Wildman–Crippen LogP) is 4.78. The molecule has 1 aliphatic rings. The molecule has 30 heavy (non-hydrogen) atoms. The fourth-order valence-corrected chi connectivity index (χ4v) is 3.44. The number of benzene rings is 2. The number of urea groups is 1. The van der Waals surface area contributed by atoms with Gasteiger partial charge in [-0.25, -0.2) is 13.6 Å². The van der Waals surface area contributed by atoms with E-state index >= 15 is 0 Å². The van der Waals surface area contributed by atoms with Crippen LogP contribution in [0.4, 0.5) is 19.3 Å². The fourth-order valence-electron chi connectivity index (χ4n) is 3.44. The van der Waals surface area contributed by atoms with Crippen LogP contribution in [0, 0.1) is 11.6 Å². The first-order chi connectivity index (χ1) is 14.5. The standard InChI is InChI=1S/C21H20F2N4O3/c1-29-15-8-5-13(6-9-15)19-25-20(30-26-19)18-4-2-3-11-27(18)21(28)24-17-10-7-14(22)12-16(17)23/h5-10,12,18H,2-4,11H2,1H3,(H,24,28)/t18-/m0/s1. The Kier molecular flexibility index (Phi) is 5.60. The second-order valence-electron chi connectivity index (χ2n) is 6.94. The molecular formula is C21H20F2N4O3. The molecule has 0 radical (unpaired) electrons. The molecule has 2 aromatic carbocycles. The van der Waals surface area contributed by atoms with Crippen LogP contribution in [0.5, 0.6) is 5.75 Å². The van der Waals surface area contributed by atoms with Crippen LogP contribution in [-0.4, -0.2) is 34.7 Å². The zero-order valence-electron chi connectivity index (χ0n) is 16.3. The van der Waals surface area contributed by atoms with Gasteiger partial charge >= 0.3 is 6.03 Å². The van der Waals surface area contributed by atoms with Crippen molar-refractivity contribution >= 4 is 11.7 Å². The third kappa shape index (κ3) is 4.10.